The number of rotatable bonds is 11. The van der Waals surface area contributed by atoms with Gasteiger partial charge in [-0.25, -0.2) is 4.79 Å². The summed E-state index contributed by atoms with van der Waals surface area (Å²) < 4.78 is 17.2. The van der Waals surface area contributed by atoms with Crippen molar-refractivity contribution in [3.05, 3.63) is 65.5 Å². The number of benzene rings is 2. The van der Waals surface area contributed by atoms with Crippen molar-refractivity contribution < 1.29 is 29.2 Å². The van der Waals surface area contributed by atoms with E-state index in [0.29, 0.717) is 30.1 Å². The summed E-state index contributed by atoms with van der Waals surface area (Å²) in [6, 6.07) is 9.47. The second-order valence-corrected chi connectivity index (χ2v) is 8.59. The summed E-state index contributed by atoms with van der Waals surface area (Å²) in [5.41, 5.74) is 2.20. The van der Waals surface area contributed by atoms with Crippen LogP contribution in [-0.4, -0.2) is 73.3 Å². The van der Waals surface area contributed by atoms with E-state index in [1.807, 2.05) is 38.3 Å². The summed E-state index contributed by atoms with van der Waals surface area (Å²) >= 11 is 0. The molecule has 0 amide bonds. The maximum atomic E-state index is 11.6. The quantitative estimate of drug-likeness (QED) is 0.209. The maximum Gasteiger partial charge on any atom is 0.330 e. The molecule has 0 aromatic heterocycles. The summed E-state index contributed by atoms with van der Waals surface area (Å²) in [7, 11) is 5.83. The van der Waals surface area contributed by atoms with Crippen LogP contribution in [0.1, 0.15) is 30.5 Å². The van der Waals surface area contributed by atoms with E-state index in [4.69, 9.17) is 14.2 Å². The minimum atomic E-state index is -0.769. The number of esters is 1. The number of carbonyl (C=O) groups excluding carboxylic acids is 1. The Morgan fingerprint density at radius 3 is 2.56 bits per heavy atom. The number of ether oxygens (including phenoxy) is 3. The molecule has 0 bridgehead atoms. The molecule has 1 heterocycles. The largest absolute Gasteiger partial charge is 0.504 e. The monoisotopic (exact) mass is 495 g/mol. The molecule has 9 nitrogen and oxygen atoms in total. The lowest BCUT2D eigenvalue weighted by molar-refractivity contribution is -0.137. The molecule has 192 valence electrons. The van der Waals surface area contributed by atoms with Crippen LogP contribution in [0.25, 0.3) is 6.08 Å². The van der Waals surface area contributed by atoms with Crippen molar-refractivity contribution in [2.45, 2.75) is 25.7 Å². The van der Waals surface area contributed by atoms with Gasteiger partial charge in [-0.05, 0) is 69.2 Å². The Balaban J connectivity index is 1.89. The van der Waals surface area contributed by atoms with Gasteiger partial charge in [0.25, 0.3) is 6.29 Å². The normalized spacial score (nSPS) is 15.8. The summed E-state index contributed by atoms with van der Waals surface area (Å²) in [6.45, 7) is 6.55. The summed E-state index contributed by atoms with van der Waals surface area (Å²) in [5, 5.41) is 20.0. The second-order valence-electron chi connectivity index (χ2n) is 8.59. The van der Waals surface area contributed by atoms with Crippen LogP contribution in [0.5, 0.6) is 23.0 Å². The number of hydrogen-bond donors (Lipinski definition) is 2. The van der Waals surface area contributed by atoms with Crippen LogP contribution in [0.4, 0.5) is 0 Å². The maximum absolute atomic E-state index is 11.6. The molecule has 1 aliphatic rings. The van der Waals surface area contributed by atoms with Gasteiger partial charge in [-0.3, -0.25) is 4.99 Å². The molecule has 0 saturated heterocycles. The molecular weight excluding hydrogens is 462 g/mol. The standard InChI is InChI=1S/C27H33N3O6/c1-6-34-25(33)12-8-18-7-11-23-24(15-18)36-27(35-23)26(19-9-10-21(31)22(32)16-19)30(5)17-20(28-2)13-14-29(3)4/h7-12,15-17,26-27,31-32H,2,6,13-14H2,1,3-5H3/b12-8+,20-17-. The smallest absolute Gasteiger partial charge is 0.330 e. The first-order valence-corrected chi connectivity index (χ1v) is 11.6. The number of fused-ring (bicyclic) bond motifs is 1. The van der Waals surface area contributed by atoms with E-state index in [9.17, 15) is 15.0 Å². The molecule has 0 fully saturated rings. The van der Waals surface area contributed by atoms with Crippen LogP contribution in [0.2, 0.25) is 0 Å². The number of likely N-dealkylation sites (N-methyl/N-ethyl adjacent to an activating group) is 1. The van der Waals surface area contributed by atoms with Crippen molar-refractivity contribution in [1.82, 2.24) is 9.80 Å². The average Bonchev–Trinajstić information content (AvgIpc) is 3.25. The molecule has 2 unspecified atom stereocenters. The van der Waals surface area contributed by atoms with E-state index in [0.717, 1.165) is 17.8 Å². The Hall–Kier alpha value is -3.98. The van der Waals surface area contributed by atoms with Gasteiger partial charge in [-0.2, -0.15) is 0 Å². The molecule has 0 spiro atoms. The van der Waals surface area contributed by atoms with Gasteiger partial charge in [0, 0.05) is 32.3 Å². The van der Waals surface area contributed by atoms with Crippen molar-refractivity contribution in [3.8, 4) is 23.0 Å². The molecule has 0 aliphatic carbocycles. The minimum absolute atomic E-state index is 0.218. The first kappa shape index (κ1) is 26.6. The summed E-state index contributed by atoms with van der Waals surface area (Å²) in [4.78, 5) is 19.8. The number of phenols is 2. The second kappa shape index (κ2) is 12.1. The number of aliphatic imine (C=N–C) groups is 1. The third kappa shape index (κ3) is 6.79. The highest BCUT2D eigenvalue weighted by Gasteiger charge is 2.36. The highest BCUT2D eigenvalue weighted by molar-refractivity contribution is 5.87. The van der Waals surface area contributed by atoms with Gasteiger partial charge in [-0.15, -0.1) is 0 Å². The third-order valence-corrected chi connectivity index (χ3v) is 5.56. The Morgan fingerprint density at radius 1 is 1.14 bits per heavy atom. The fraction of sp³-hybridized carbons (Fsp3) is 0.333. The van der Waals surface area contributed by atoms with Crippen molar-refractivity contribution in [1.29, 1.82) is 0 Å². The molecule has 1 aliphatic heterocycles. The van der Waals surface area contributed by atoms with E-state index >= 15 is 0 Å². The predicted octanol–water partition coefficient (Wildman–Crippen LogP) is 3.94. The molecule has 2 atom stereocenters. The topological polar surface area (TPSA) is 104 Å². The van der Waals surface area contributed by atoms with Crippen LogP contribution in [-0.2, 0) is 9.53 Å². The van der Waals surface area contributed by atoms with Gasteiger partial charge in [0.1, 0.15) is 6.04 Å². The zero-order chi connectivity index (χ0) is 26.2. The Bertz CT molecular complexity index is 1140. The van der Waals surface area contributed by atoms with E-state index in [1.165, 1.54) is 18.2 Å². The summed E-state index contributed by atoms with van der Waals surface area (Å²) in [5.74, 6) is 0.185. The highest BCUT2D eigenvalue weighted by Crippen LogP contribution is 2.42. The Kier molecular flexibility index (Phi) is 8.97. The molecular formula is C27H33N3O6. The van der Waals surface area contributed by atoms with E-state index < -0.39 is 18.3 Å². The molecule has 36 heavy (non-hydrogen) atoms. The molecule has 2 aromatic rings. The Morgan fingerprint density at radius 2 is 1.89 bits per heavy atom. The average molecular weight is 496 g/mol. The van der Waals surface area contributed by atoms with Gasteiger partial charge in [-0.1, -0.05) is 12.1 Å². The highest BCUT2D eigenvalue weighted by atomic mass is 16.7. The predicted molar refractivity (Wildman–Crippen MR) is 138 cm³/mol. The number of nitrogens with zero attached hydrogens (tertiary/aromatic N) is 3. The zero-order valence-electron chi connectivity index (χ0n) is 21.0. The Labute approximate surface area is 211 Å². The number of aromatic hydroxyl groups is 2. The van der Waals surface area contributed by atoms with Gasteiger partial charge >= 0.3 is 5.97 Å². The lowest BCUT2D eigenvalue weighted by Crippen LogP contribution is -2.36. The molecule has 3 rings (SSSR count). The molecule has 0 saturated carbocycles. The lowest BCUT2D eigenvalue weighted by Gasteiger charge is -2.31. The molecule has 9 heteroatoms. The first-order chi connectivity index (χ1) is 17.2. The van der Waals surface area contributed by atoms with E-state index in [2.05, 4.69) is 16.6 Å². The lowest BCUT2D eigenvalue weighted by atomic mass is 10.0. The van der Waals surface area contributed by atoms with Crippen LogP contribution >= 0.6 is 0 Å². The fourth-order valence-electron chi connectivity index (χ4n) is 3.72. The summed E-state index contributed by atoms with van der Waals surface area (Å²) in [6.07, 6.45) is 4.79. The van der Waals surface area contributed by atoms with Crippen molar-refractivity contribution in [3.63, 3.8) is 0 Å². The van der Waals surface area contributed by atoms with E-state index in [-0.39, 0.29) is 11.5 Å². The van der Waals surface area contributed by atoms with Crippen molar-refractivity contribution >= 4 is 18.8 Å². The van der Waals surface area contributed by atoms with Crippen LogP contribution in [0.15, 0.2) is 59.4 Å². The zero-order valence-corrected chi connectivity index (χ0v) is 21.0. The minimum Gasteiger partial charge on any atom is -0.504 e. The number of carbonyl (C=O) groups is 1. The van der Waals surface area contributed by atoms with Gasteiger partial charge in [0.15, 0.2) is 23.0 Å². The van der Waals surface area contributed by atoms with Gasteiger partial charge in [0.2, 0.25) is 0 Å². The number of hydrogen-bond acceptors (Lipinski definition) is 9. The van der Waals surface area contributed by atoms with E-state index in [1.54, 1.807) is 31.2 Å². The van der Waals surface area contributed by atoms with Gasteiger partial charge < -0.3 is 34.2 Å². The van der Waals surface area contributed by atoms with Crippen molar-refractivity contribution in [2.75, 3.05) is 34.3 Å². The van der Waals surface area contributed by atoms with Crippen LogP contribution in [0.3, 0.4) is 0 Å². The van der Waals surface area contributed by atoms with Crippen molar-refractivity contribution in [2.24, 2.45) is 4.99 Å². The first-order valence-electron chi connectivity index (χ1n) is 11.6. The van der Waals surface area contributed by atoms with Crippen LogP contribution < -0.4 is 9.47 Å². The third-order valence-electron chi connectivity index (χ3n) is 5.56. The SMILES string of the molecule is C=N/C(=C\N(C)C(c1ccc(O)c(O)c1)C1Oc2ccc(/C=C/C(=O)OCC)cc2O1)CCN(C)C. The molecule has 2 N–H and O–H groups in total. The number of phenolic OH excluding ortho intramolecular Hbond substituents is 2. The molecule has 0 radical (unpaired) electrons. The fourth-order valence-corrected chi connectivity index (χ4v) is 3.72. The van der Waals surface area contributed by atoms with Gasteiger partial charge in [0.05, 0.1) is 12.3 Å². The molecule has 2 aromatic carbocycles. The van der Waals surface area contributed by atoms with Crippen LogP contribution in [0, 0.1) is 0 Å².